The second-order valence-electron chi connectivity index (χ2n) is 7.36. The molecule has 5 rings (SSSR count). The van der Waals surface area contributed by atoms with Crippen molar-refractivity contribution in [1.82, 2.24) is 19.8 Å². The van der Waals surface area contributed by atoms with Crippen molar-refractivity contribution in [3.8, 4) is 0 Å². The molecule has 0 bridgehead atoms. The van der Waals surface area contributed by atoms with Crippen molar-refractivity contribution in [3.63, 3.8) is 0 Å². The summed E-state index contributed by atoms with van der Waals surface area (Å²) in [7, 11) is 0. The fourth-order valence-electron chi connectivity index (χ4n) is 3.75. The van der Waals surface area contributed by atoms with Gasteiger partial charge in [-0.25, -0.2) is 18.8 Å². The lowest BCUT2D eigenvalue weighted by molar-refractivity contribution is 0.221. The van der Waals surface area contributed by atoms with E-state index in [1.807, 2.05) is 33.7 Å². The standard InChI is InChI=1S/C20H20F2N6/c1-12(2)26-10-23-19-25-18(14-8-7-13(21)9-15(14)22)28-17-6-4-3-5-16(17)24-20(28)27(19)11-26/h3-9,12,18H,10-11H2,1-2H3,(H,23,25). The van der Waals surface area contributed by atoms with E-state index in [4.69, 9.17) is 4.98 Å². The molecule has 2 aliphatic rings. The molecular formula is C20H20F2N6. The van der Waals surface area contributed by atoms with Gasteiger partial charge in [0.15, 0.2) is 0 Å². The fourth-order valence-corrected chi connectivity index (χ4v) is 3.75. The van der Waals surface area contributed by atoms with Gasteiger partial charge in [0.1, 0.15) is 17.8 Å². The molecule has 3 heterocycles. The SMILES string of the molecule is CC(C)N1CN=C2NC(c3ccc(F)cc3F)n3c(nc4ccccc43)N2C1. The van der Waals surface area contributed by atoms with E-state index in [9.17, 15) is 8.78 Å². The molecule has 2 aliphatic heterocycles. The number of halogens is 2. The van der Waals surface area contributed by atoms with Gasteiger partial charge in [-0.3, -0.25) is 14.4 Å². The van der Waals surface area contributed by atoms with Crippen molar-refractivity contribution in [3.05, 3.63) is 59.7 Å². The summed E-state index contributed by atoms with van der Waals surface area (Å²) < 4.78 is 30.1. The molecule has 1 N–H and O–H groups in total. The molecule has 2 aromatic carbocycles. The van der Waals surface area contributed by atoms with Crippen molar-refractivity contribution in [1.29, 1.82) is 0 Å². The number of benzene rings is 2. The Kier molecular flexibility index (Phi) is 3.83. The number of guanidine groups is 1. The minimum absolute atomic E-state index is 0.329. The molecule has 0 saturated carbocycles. The number of nitrogens with zero attached hydrogens (tertiary/aromatic N) is 5. The van der Waals surface area contributed by atoms with Crippen LogP contribution in [-0.4, -0.2) is 39.8 Å². The maximum absolute atomic E-state index is 14.7. The fraction of sp³-hybridized carbons (Fsp3) is 0.300. The Morgan fingerprint density at radius 2 is 1.96 bits per heavy atom. The van der Waals surface area contributed by atoms with Gasteiger partial charge in [0, 0.05) is 17.7 Å². The van der Waals surface area contributed by atoms with E-state index in [1.54, 1.807) is 0 Å². The van der Waals surface area contributed by atoms with Gasteiger partial charge in [-0.15, -0.1) is 0 Å². The zero-order valence-electron chi connectivity index (χ0n) is 15.6. The zero-order valence-corrected chi connectivity index (χ0v) is 15.6. The van der Waals surface area contributed by atoms with Gasteiger partial charge in [-0.05, 0) is 38.1 Å². The first-order chi connectivity index (χ1) is 13.5. The quantitative estimate of drug-likeness (QED) is 0.739. The molecule has 0 spiro atoms. The summed E-state index contributed by atoms with van der Waals surface area (Å²) in [6, 6.07) is 11.7. The second kappa shape index (κ2) is 6.27. The average molecular weight is 382 g/mol. The summed E-state index contributed by atoms with van der Waals surface area (Å²) in [5.41, 5.74) is 2.04. The number of para-hydroxylation sites is 2. The number of aliphatic imine (C=N–C) groups is 1. The van der Waals surface area contributed by atoms with Gasteiger partial charge in [-0.2, -0.15) is 0 Å². The van der Waals surface area contributed by atoms with E-state index in [1.165, 1.54) is 12.1 Å². The van der Waals surface area contributed by atoms with Crippen molar-refractivity contribution in [2.45, 2.75) is 26.1 Å². The first kappa shape index (κ1) is 17.1. The summed E-state index contributed by atoms with van der Waals surface area (Å²) in [4.78, 5) is 13.7. The molecule has 1 atom stereocenters. The third kappa shape index (κ3) is 2.56. The van der Waals surface area contributed by atoms with Gasteiger partial charge in [-0.1, -0.05) is 12.1 Å². The molecular weight excluding hydrogens is 362 g/mol. The van der Waals surface area contributed by atoms with Crippen LogP contribution in [0.3, 0.4) is 0 Å². The Bertz CT molecular complexity index is 1090. The van der Waals surface area contributed by atoms with E-state index in [0.717, 1.165) is 17.1 Å². The second-order valence-corrected chi connectivity index (χ2v) is 7.36. The number of hydrogen-bond acceptors (Lipinski definition) is 5. The van der Waals surface area contributed by atoms with E-state index < -0.39 is 17.8 Å². The van der Waals surface area contributed by atoms with Gasteiger partial charge >= 0.3 is 0 Å². The number of aromatic nitrogens is 2. The molecule has 6 nitrogen and oxygen atoms in total. The van der Waals surface area contributed by atoms with Gasteiger partial charge in [0.2, 0.25) is 11.9 Å². The number of anilines is 1. The minimum Gasteiger partial charge on any atom is -0.331 e. The Hall–Kier alpha value is -3.00. The third-order valence-electron chi connectivity index (χ3n) is 5.31. The molecule has 1 unspecified atom stereocenters. The Morgan fingerprint density at radius 3 is 2.75 bits per heavy atom. The molecule has 0 aliphatic carbocycles. The van der Waals surface area contributed by atoms with Crippen LogP contribution in [0.5, 0.6) is 0 Å². The molecule has 0 amide bonds. The zero-order chi connectivity index (χ0) is 19.4. The van der Waals surface area contributed by atoms with Crippen LogP contribution in [0.1, 0.15) is 25.6 Å². The first-order valence-electron chi connectivity index (χ1n) is 9.27. The number of nitrogens with one attached hydrogen (secondary N) is 1. The number of hydrogen-bond donors (Lipinski definition) is 1. The molecule has 0 radical (unpaired) electrons. The predicted molar refractivity (Wildman–Crippen MR) is 104 cm³/mol. The molecule has 144 valence electrons. The molecule has 1 aromatic heterocycles. The highest BCUT2D eigenvalue weighted by Gasteiger charge is 2.37. The van der Waals surface area contributed by atoms with Crippen LogP contribution >= 0.6 is 0 Å². The maximum Gasteiger partial charge on any atom is 0.216 e. The molecule has 3 aromatic rings. The largest absolute Gasteiger partial charge is 0.331 e. The number of imidazole rings is 1. The lowest BCUT2D eigenvalue weighted by Crippen LogP contribution is -2.58. The predicted octanol–water partition coefficient (Wildman–Crippen LogP) is 3.27. The number of fused-ring (bicyclic) bond motifs is 5. The normalized spacial score (nSPS) is 19.4. The summed E-state index contributed by atoms with van der Waals surface area (Å²) >= 11 is 0. The van der Waals surface area contributed by atoms with Gasteiger partial charge in [0.25, 0.3) is 0 Å². The van der Waals surface area contributed by atoms with Crippen LogP contribution in [0.15, 0.2) is 47.5 Å². The smallest absolute Gasteiger partial charge is 0.216 e. The highest BCUT2D eigenvalue weighted by atomic mass is 19.1. The van der Waals surface area contributed by atoms with E-state index in [0.29, 0.717) is 36.9 Å². The highest BCUT2D eigenvalue weighted by molar-refractivity contribution is 5.98. The van der Waals surface area contributed by atoms with E-state index in [-0.39, 0.29) is 0 Å². The molecule has 0 fully saturated rings. The lowest BCUT2D eigenvalue weighted by Gasteiger charge is -2.42. The van der Waals surface area contributed by atoms with Crippen LogP contribution < -0.4 is 10.2 Å². The Morgan fingerprint density at radius 1 is 1.14 bits per heavy atom. The van der Waals surface area contributed by atoms with Crippen molar-refractivity contribution < 1.29 is 8.78 Å². The monoisotopic (exact) mass is 382 g/mol. The molecule has 28 heavy (non-hydrogen) atoms. The Labute approximate surface area is 161 Å². The first-order valence-corrected chi connectivity index (χ1v) is 9.27. The van der Waals surface area contributed by atoms with E-state index >= 15 is 0 Å². The van der Waals surface area contributed by atoms with Crippen LogP contribution in [-0.2, 0) is 0 Å². The highest BCUT2D eigenvalue weighted by Crippen LogP contribution is 2.34. The topological polar surface area (TPSA) is 48.7 Å². The van der Waals surface area contributed by atoms with Crippen molar-refractivity contribution >= 4 is 22.9 Å². The van der Waals surface area contributed by atoms with Gasteiger partial charge in [0.05, 0.1) is 24.4 Å². The average Bonchev–Trinajstić information content (AvgIpc) is 3.07. The van der Waals surface area contributed by atoms with Crippen LogP contribution in [0.25, 0.3) is 11.0 Å². The van der Waals surface area contributed by atoms with Gasteiger partial charge < -0.3 is 5.32 Å². The van der Waals surface area contributed by atoms with Crippen LogP contribution in [0.4, 0.5) is 14.7 Å². The minimum atomic E-state index is -0.602. The van der Waals surface area contributed by atoms with Crippen LogP contribution in [0, 0.1) is 11.6 Å². The summed E-state index contributed by atoms with van der Waals surface area (Å²) in [5.74, 6) is 0.137. The van der Waals surface area contributed by atoms with Crippen molar-refractivity contribution in [2.75, 3.05) is 18.2 Å². The van der Waals surface area contributed by atoms with E-state index in [2.05, 4.69) is 29.1 Å². The summed E-state index contributed by atoms with van der Waals surface area (Å²) in [6.45, 7) is 5.43. The van der Waals surface area contributed by atoms with Crippen molar-refractivity contribution in [2.24, 2.45) is 4.99 Å². The molecule has 0 saturated heterocycles. The Balaban J connectivity index is 1.71. The number of rotatable bonds is 2. The molecule has 8 heteroatoms. The maximum atomic E-state index is 14.7. The summed E-state index contributed by atoms with van der Waals surface area (Å²) in [5, 5.41) is 3.34. The summed E-state index contributed by atoms with van der Waals surface area (Å²) in [6.07, 6.45) is -0.566. The van der Waals surface area contributed by atoms with Crippen LogP contribution in [0.2, 0.25) is 0 Å². The lowest BCUT2D eigenvalue weighted by atomic mass is 10.1. The third-order valence-corrected chi connectivity index (χ3v) is 5.31.